The van der Waals surface area contributed by atoms with E-state index in [4.69, 9.17) is 13.3 Å². The van der Waals surface area contributed by atoms with Gasteiger partial charge in [0.15, 0.2) is 0 Å². The van der Waals surface area contributed by atoms with Gasteiger partial charge in [-0.3, -0.25) is 14.5 Å². The summed E-state index contributed by atoms with van der Waals surface area (Å²) in [5.74, 6) is -0.744. The molecule has 1 rings (SSSR count). The lowest BCUT2D eigenvalue weighted by Gasteiger charge is -2.27. The number of rotatable bonds is 5. The molecule has 84 valence electrons. The van der Waals surface area contributed by atoms with Crippen LogP contribution in [0.3, 0.4) is 0 Å². The van der Waals surface area contributed by atoms with Crippen LogP contribution in [0.2, 0.25) is 0 Å². The molecule has 0 atom stereocenters. The van der Waals surface area contributed by atoms with Gasteiger partial charge in [0, 0.05) is 33.5 Å². The molecular weight excluding hydrogens is 218 g/mol. The highest BCUT2D eigenvalue weighted by Gasteiger charge is 2.43. The Morgan fingerprint density at radius 1 is 1.07 bits per heavy atom. The van der Waals surface area contributed by atoms with Crippen LogP contribution in [0.5, 0.6) is 0 Å². The van der Waals surface area contributed by atoms with Gasteiger partial charge in [-0.05, 0) is 0 Å². The number of carbonyl (C=O) groups excluding carboxylic acids is 2. The van der Waals surface area contributed by atoms with Gasteiger partial charge in [-0.15, -0.1) is 0 Å². The molecule has 0 aromatic rings. The molecule has 0 aromatic carbocycles. The summed E-state index contributed by atoms with van der Waals surface area (Å²) in [6.45, 7) is 0. The third-order valence-electron chi connectivity index (χ3n) is 2.19. The van der Waals surface area contributed by atoms with E-state index in [1.807, 2.05) is 0 Å². The van der Waals surface area contributed by atoms with Crippen molar-refractivity contribution < 1.29 is 22.9 Å². The third kappa shape index (κ3) is 2.32. The SMILES string of the molecule is CO[Si](CN1C(=O)C=CC1=O)(OC)OC. The first-order valence-corrected chi connectivity index (χ1v) is 6.20. The smallest absolute Gasteiger partial charge is 0.376 e. The van der Waals surface area contributed by atoms with Crippen LogP contribution in [-0.4, -0.2) is 53.0 Å². The van der Waals surface area contributed by atoms with Crippen LogP contribution in [0, 0.1) is 0 Å². The molecule has 0 N–H and O–H groups in total. The largest absolute Gasteiger partial charge is 0.521 e. The zero-order valence-corrected chi connectivity index (χ0v) is 9.85. The number of hydrogen-bond donors (Lipinski definition) is 0. The molecule has 1 heterocycles. The number of carbonyl (C=O) groups is 2. The minimum atomic E-state index is -2.92. The Morgan fingerprint density at radius 3 is 1.80 bits per heavy atom. The Bertz CT molecular complexity index is 273. The molecule has 0 saturated carbocycles. The average molecular weight is 231 g/mol. The normalized spacial score (nSPS) is 16.6. The van der Waals surface area contributed by atoms with Gasteiger partial charge in [-0.2, -0.15) is 0 Å². The van der Waals surface area contributed by atoms with E-state index in [1.165, 1.54) is 33.5 Å². The predicted octanol–water partition coefficient (Wildman–Crippen LogP) is -0.671. The summed E-state index contributed by atoms with van der Waals surface area (Å²) < 4.78 is 15.3. The Labute approximate surface area is 88.8 Å². The second-order valence-corrected chi connectivity index (χ2v) is 5.80. The average Bonchev–Trinajstić information content (AvgIpc) is 2.57. The molecule has 0 spiro atoms. The lowest BCUT2D eigenvalue weighted by atomic mass is 10.6. The lowest BCUT2D eigenvalue weighted by molar-refractivity contribution is -0.136. The van der Waals surface area contributed by atoms with Crippen molar-refractivity contribution in [2.24, 2.45) is 0 Å². The van der Waals surface area contributed by atoms with Crippen molar-refractivity contribution in [3.63, 3.8) is 0 Å². The van der Waals surface area contributed by atoms with Crippen LogP contribution < -0.4 is 0 Å². The summed E-state index contributed by atoms with van der Waals surface area (Å²) in [5.41, 5.74) is 0. The van der Waals surface area contributed by atoms with Gasteiger partial charge in [-0.1, -0.05) is 0 Å². The van der Waals surface area contributed by atoms with Crippen LogP contribution in [-0.2, 0) is 22.9 Å². The first-order chi connectivity index (χ1) is 7.08. The van der Waals surface area contributed by atoms with Crippen LogP contribution in [0.15, 0.2) is 12.2 Å². The van der Waals surface area contributed by atoms with Crippen LogP contribution >= 0.6 is 0 Å². The highest BCUT2D eigenvalue weighted by atomic mass is 28.4. The molecule has 0 aliphatic carbocycles. The number of hydrogen-bond acceptors (Lipinski definition) is 5. The molecule has 2 amide bonds. The van der Waals surface area contributed by atoms with Gasteiger partial charge in [-0.25, -0.2) is 0 Å². The van der Waals surface area contributed by atoms with Crippen molar-refractivity contribution in [3.05, 3.63) is 12.2 Å². The van der Waals surface area contributed by atoms with Crippen molar-refractivity contribution in [3.8, 4) is 0 Å². The first-order valence-electron chi connectivity index (χ1n) is 4.27. The monoisotopic (exact) mass is 231 g/mol. The summed E-state index contributed by atoms with van der Waals surface area (Å²) in [6.07, 6.45) is 2.45. The topological polar surface area (TPSA) is 65.1 Å². The quantitative estimate of drug-likeness (QED) is 0.464. The van der Waals surface area contributed by atoms with Crippen molar-refractivity contribution >= 4 is 20.6 Å². The lowest BCUT2D eigenvalue weighted by Crippen LogP contribution is -2.54. The zero-order chi connectivity index (χ0) is 11.5. The highest BCUT2D eigenvalue weighted by Crippen LogP contribution is 2.12. The van der Waals surface area contributed by atoms with E-state index >= 15 is 0 Å². The molecule has 0 aromatic heterocycles. The molecule has 7 heteroatoms. The Morgan fingerprint density at radius 2 is 1.47 bits per heavy atom. The summed E-state index contributed by atoms with van der Waals surface area (Å²) in [5, 5.41) is 0. The summed E-state index contributed by atoms with van der Waals surface area (Å²) in [6, 6.07) is 0. The minimum absolute atomic E-state index is 0.0289. The fourth-order valence-corrected chi connectivity index (χ4v) is 2.81. The number of nitrogens with zero attached hydrogens (tertiary/aromatic N) is 1. The molecule has 0 unspecified atom stereocenters. The second kappa shape index (κ2) is 4.66. The molecule has 0 fully saturated rings. The fourth-order valence-electron chi connectivity index (χ4n) is 1.22. The van der Waals surface area contributed by atoms with Gasteiger partial charge in [0.05, 0.1) is 6.17 Å². The van der Waals surface area contributed by atoms with Crippen LogP contribution in [0.25, 0.3) is 0 Å². The standard InChI is InChI=1S/C8H13NO5Si/c1-12-15(13-2,14-3)6-9-7(10)4-5-8(9)11/h4-5H,6H2,1-3H3. The molecular formula is C8H13NO5Si. The second-order valence-electron chi connectivity index (χ2n) is 2.89. The fraction of sp³-hybridized carbons (Fsp3) is 0.500. The molecule has 0 bridgehead atoms. The third-order valence-corrected chi connectivity index (χ3v) is 4.75. The van der Waals surface area contributed by atoms with Crippen molar-refractivity contribution in [2.75, 3.05) is 27.5 Å². The van der Waals surface area contributed by atoms with Gasteiger partial charge in [0.2, 0.25) is 0 Å². The number of imide groups is 1. The molecule has 1 aliphatic rings. The van der Waals surface area contributed by atoms with Crippen molar-refractivity contribution in [1.82, 2.24) is 4.90 Å². The maximum absolute atomic E-state index is 11.3. The Hall–Kier alpha value is -1.02. The Balaban J connectivity index is 2.75. The van der Waals surface area contributed by atoms with Crippen molar-refractivity contribution in [1.29, 1.82) is 0 Å². The zero-order valence-electron chi connectivity index (χ0n) is 8.85. The molecule has 0 radical (unpaired) electrons. The summed E-state index contributed by atoms with van der Waals surface area (Å²) in [7, 11) is 1.36. The molecule has 0 saturated heterocycles. The summed E-state index contributed by atoms with van der Waals surface area (Å²) in [4.78, 5) is 23.6. The van der Waals surface area contributed by atoms with Gasteiger partial charge in [0.25, 0.3) is 11.8 Å². The van der Waals surface area contributed by atoms with E-state index < -0.39 is 8.80 Å². The first kappa shape index (κ1) is 12.0. The van der Waals surface area contributed by atoms with E-state index in [2.05, 4.69) is 0 Å². The Kier molecular flexibility index (Phi) is 3.75. The van der Waals surface area contributed by atoms with E-state index in [0.29, 0.717) is 0 Å². The molecule has 6 nitrogen and oxygen atoms in total. The van der Waals surface area contributed by atoms with E-state index in [-0.39, 0.29) is 18.0 Å². The van der Waals surface area contributed by atoms with Gasteiger partial charge >= 0.3 is 8.80 Å². The maximum Gasteiger partial charge on any atom is 0.521 e. The predicted molar refractivity (Wildman–Crippen MR) is 52.6 cm³/mol. The minimum Gasteiger partial charge on any atom is -0.376 e. The highest BCUT2D eigenvalue weighted by molar-refractivity contribution is 6.61. The molecule has 1 aliphatic heterocycles. The van der Waals surface area contributed by atoms with Gasteiger partial charge in [0.1, 0.15) is 0 Å². The van der Waals surface area contributed by atoms with E-state index in [1.54, 1.807) is 0 Å². The van der Waals surface area contributed by atoms with Gasteiger partial charge < -0.3 is 13.3 Å². The maximum atomic E-state index is 11.3. The number of amides is 2. The van der Waals surface area contributed by atoms with Crippen LogP contribution in [0.1, 0.15) is 0 Å². The van der Waals surface area contributed by atoms with Crippen molar-refractivity contribution in [2.45, 2.75) is 0 Å². The van der Waals surface area contributed by atoms with Crippen LogP contribution in [0.4, 0.5) is 0 Å². The van der Waals surface area contributed by atoms with E-state index in [9.17, 15) is 9.59 Å². The molecule has 15 heavy (non-hydrogen) atoms. The van der Waals surface area contributed by atoms with E-state index in [0.717, 1.165) is 4.90 Å². The summed E-state index contributed by atoms with van der Waals surface area (Å²) >= 11 is 0.